The molecule has 1 atom stereocenters. The first-order valence-corrected chi connectivity index (χ1v) is 5.59. The van der Waals surface area contributed by atoms with E-state index >= 15 is 0 Å². The lowest BCUT2D eigenvalue weighted by atomic mass is 10.1. The lowest BCUT2D eigenvalue weighted by Crippen LogP contribution is -2.41. The van der Waals surface area contributed by atoms with Crippen molar-refractivity contribution in [1.82, 2.24) is 0 Å². The molecule has 5 heteroatoms. The van der Waals surface area contributed by atoms with Crippen molar-refractivity contribution in [2.45, 2.75) is 18.9 Å². The van der Waals surface area contributed by atoms with E-state index in [-0.39, 0.29) is 25.2 Å². The molecule has 5 nitrogen and oxygen atoms in total. The number of nitrogens with two attached hydrogens (primary N) is 1. The van der Waals surface area contributed by atoms with Crippen molar-refractivity contribution in [1.29, 1.82) is 0 Å². The summed E-state index contributed by atoms with van der Waals surface area (Å²) in [5, 5.41) is 18.2. The molecule has 0 saturated carbocycles. The van der Waals surface area contributed by atoms with Crippen LogP contribution in [0.15, 0.2) is 18.2 Å². The first kappa shape index (κ1) is 11.9. The Hall–Kier alpha value is -1.59. The number of rotatable bonds is 4. The van der Waals surface area contributed by atoms with Gasteiger partial charge in [-0.3, -0.25) is 4.79 Å². The topological polar surface area (TPSA) is 86.8 Å². The Balaban J connectivity index is 2.33. The van der Waals surface area contributed by atoms with Gasteiger partial charge in [0.05, 0.1) is 19.1 Å². The summed E-state index contributed by atoms with van der Waals surface area (Å²) in [7, 11) is 0. The summed E-state index contributed by atoms with van der Waals surface area (Å²) in [4.78, 5) is 13.5. The molecule has 4 N–H and O–H groups in total. The van der Waals surface area contributed by atoms with Gasteiger partial charge in [-0.05, 0) is 30.2 Å². The fraction of sp³-hybridized carbons (Fsp3) is 0.417. The quantitative estimate of drug-likeness (QED) is 0.637. The van der Waals surface area contributed by atoms with E-state index in [9.17, 15) is 9.90 Å². The first-order chi connectivity index (χ1) is 8.17. The van der Waals surface area contributed by atoms with Crippen LogP contribution in [0.1, 0.15) is 12.0 Å². The molecule has 1 unspecified atom stereocenters. The van der Waals surface area contributed by atoms with Gasteiger partial charge in [0.15, 0.2) is 0 Å². The van der Waals surface area contributed by atoms with Gasteiger partial charge in [-0.25, -0.2) is 0 Å². The standard InChI is InChI=1S/C12H16N2O3/c13-9-1-2-11-8(5-9)6-12(17)14(11)10(7-16)3-4-15/h1-2,5,10,15-16H,3-4,6-7,13H2. The summed E-state index contributed by atoms with van der Waals surface area (Å²) in [6.07, 6.45) is 0.675. The lowest BCUT2D eigenvalue weighted by molar-refractivity contribution is -0.118. The van der Waals surface area contributed by atoms with Crippen molar-refractivity contribution >= 4 is 17.3 Å². The van der Waals surface area contributed by atoms with E-state index in [4.69, 9.17) is 10.8 Å². The number of nitrogens with zero attached hydrogens (tertiary/aromatic N) is 1. The van der Waals surface area contributed by atoms with Gasteiger partial charge in [-0.15, -0.1) is 0 Å². The summed E-state index contributed by atoms with van der Waals surface area (Å²) >= 11 is 0. The number of benzene rings is 1. The normalized spacial score (nSPS) is 16.1. The predicted octanol–water partition coefficient (Wildman–Crippen LogP) is -0.0988. The van der Waals surface area contributed by atoms with Gasteiger partial charge >= 0.3 is 0 Å². The van der Waals surface area contributed by atoms with Crippen LogP contribution < -0.4 is 10.6 Å². The molecule has 1 aliphatic heterocycles. The minimum atomic E-state index is -0.364. The second kappa shape index (κ2) is 4.73. The van der Waals surface area contributed by atoms with Crippen molar-refractivity contribution in [3.63, 3.8) is 0 Å². The molecule has 1 aliphatic rings. The van der Waals surface area contributed by atoms with Crippen molar-refractivity contribution in [3.8, 4) is 0 Å². The van der Waals surface area contributed by atoms with Crippen LogP contribution in [0.2, 0.25) is 0 Å². The third-order valence-corrected chi connectivity index (χ3v) is 3.01. The van der Waals surface area contributed by atoms with Crippen LogP contribution in [0.5, 0.6) is 0 Å². The summed E-state index contributed by atoms with van der Waals surface area (Å²) in [5.74, 6) is -0.0573. The molecule has 92 valence electrons. The highest BCUT2D eigenvalue weighted by molar-refractivity contribution is 6.02. The molecule has 1 amide bonds. The molecule has 1 aromatic rings. The van der Waals surface area contributed by atoms with Gasteiger partial charge in [0.2, 0.25) is 5.91 Å². The molecule has 1 heterocycles. The Labute approximate surface area is 99.5 Å². The average molecular weight is 236 g/mol. The number of aliphatic hydroxyl groups excluding tert-OH is 2. The molecule has 0 fully saturated rings. The second-order valence-electron chi connectivity index (χ2n) is 4.18. The highest BCUT2D eigenvalue weighted by Gasteiger charge is 2.32. The Morgan fingerprint density at radius 3 is 2.82 bits per heavy atom. The molecular formula is C12H16N2O3. The van der Waals surface area contributed by atoms with E-state index in [1.165, 1.54) is 0 Å². The van der Waals surface area contributed by atoms with Gasteiger partial charge in [0.25, 0.3) is 0 Å². The summed E-state index contributed by atoms with van der Waals surface area (Å²) in [6.45, 7) is -0.213. The van der Waals surface area contributed by atoms with Crippen LogP contribution in [0.4, 0.5) is 11.4 Å². The number of hydrogen-bond donors (Lipinski definition) is 3. The zero-order chi connectivity index (χ0) is 12.4. The maximum absolute atomic E-state index is 11.9. The van der Waals surface area contributed by atoms with Crippen molar-refractivity contribution in [2.24, 2.45) is 0 Å². The van der Waals surface area contributed by atoms with Gasteiger partial charge in [0.1, 0.15) is 0 Å². The summed E-state index contributed by atoms with van der Waals surface area (Å²) in [6, 6.07) is 4.94. The van der Waals surface area contributed by atoms with Crippen LogP contribution in [0.3, 0.4) is 0 Å². The number of carbonyl (C=O) groups is 1. The zero-order valence-electron chi connectivity index (χ0n) is 9.47. The first-order valence-electron chi connectivity index (χ1n) is 5.59. The van der Waals surface area contributed by atoms with E-state index in [0.717, 1.165) is 11.3 Å². The Bertz CT molecular complexity index is 434. The van der Waals surface area contributed by atoms with E-state index < -0.39 is 0 Å². The van der Waals surface area contributed by atoms with E-state index in [2.05, 4.69) is 0 Å². The van der Waals surface area contributed by atoms with Crippen molar-refractivity contribution in [3.05, 3.63) is 23.8 Å². The molecule has 1 aromatic carbocycles. The van der Waals surface area contributed by atoms with E-state index in [0.29, 0.717) is 18.5 Å². The summed E-state index contributed by atoms with van der Waals surface area (Å²) < 4.78 is 0. The van der Waals surface area contributed by atoms with Crippen LogP contribution in [-0.2, 0) is 11.2 Å². The molecule has 0 spiro atoms. The molecular weight excluding hydrogens is 220 g/mol. The molecule has 0 aromatic heterocycles. The van der Waals surface area contributed by atoms with E-state index in [1.807, 2.05) is 0 Å². The van der Waals surface area contributed by atoms with Crippen LogP contribution in [0, 0.1) is 0 Å². The van der Waals surface area contributed by atoms with Crippen LogP contribution in [-0.4, -0.2) is 35.4 Å². The SMILES string of the molecule is Nc1ccc2c(c1)CC(=O)N2C(CO)CCO. The average Bonchev–Trinajstić information content (AvgIpc) is 2.61. The monoisotopic (exact) mass is 236 g/mol. The van der Waals surface area contributed by atoms with Crippen LogP contribution in [0.25, 0.3) is 0 Å². The number of amides is 1. The van der Waals surface area contributed by atoms with Crippen molar-refractivity contribution in [2.75, 3.05) is 23.8 Å². The molecule has 2 rings (SSSR count). The third-order valence-electron chi connectivity index (χ3n) is 3.01. The van der Waals surface area contributed by atoms with Crippen LogP contribution >= 0.6 is 0 Å². The molecule has 0 radical (unpaired) electrons. The van der Waals surface area contributed by atoms with E-state index in [1.54, 1.807) is 23.1 Å². The minimum absolute atomic E-state index is 0.0562. The molecule has 0 aliphatic carbocycles. The molecule has 17 heavy (non-hydrogen) atoms. The Kier molecular flexibility index (Phi) is 3.31. The van der Waals surface area contributed by atoms with Gasteiger partial charge in [-0.1, -0.05) is 0 Å². The fourth-order valence-electron chi connectivity index (χ4n) is 2.22. The number of carbonyl (C=O) groups excluding carboxylic acids is 1. The maximum Gasteiger partial charge on any atom is 0.231 e. The largest absolute Gasteiger partial charge is 0.399 e. The number of nitrogen functional groups attached to an aromatic ring is 1. The maximum atomic E-state index is 11.9. The highest BCUT2D eigenvalue weighted by Crippen LogP contribution is 2.32. The van der Waals surface area contributed by atoms with Gasteiger partial charge in [0, 0.05) is 18.0 Å². The smallest absolute Gasteiger partial charge is 0.231 e. The zero-order valence-corrected chi connectivity index (χ0v) is 9.47. The number of anilines is 2. The number of aliphatic hydroxyl groups is 2. The Morgan fingerprint density at radius 2 is 2.18 bits per heavy atom. The number of fused-ring (bicyclic) bond motifs is 1. The van der Waals surface area contributed by atoms with Gasteiger partial charge < -0.3 is 20.8 Å². The summed E-state index contributed by atoms with van der Waals surface area (Å²) in [5.41, 5.74) is 7.97. The fourth-order valence-corrected chi connectivity index (χ4v) is 2.22. The lowest BCUT2D eigenvalue weighted by Gasteiger charge is -2.26. The van der Waals surface area contributed by atoms with Gasteiger partial charge in [-0.2, -0.15) is 0 Å². The predicted molar refractivity (Wildman–Crippen MR) is 64.6 cm³/mol. The highest BCUT2D eigenvalue weighted by atomic mass is 16.3. The van der Waals surface area contributed by atoms with Crippen molar-refractivity contribution < 1.29 is 15.0 Å². The Morgan fingerprint density at radius 1 is 1.41 bits per heavy atom. The second-order valence-corrected chi connectivity index (χ2v) is 4.18. The molecule has 0 bridgehead atoms. The number of hydrogen-bond acceptors (Lipinski definition) is 4. The molecule has 0 saturated heterocycles. The third kappa shape index (κ3) is 2.11. The minimum Gasteiger partial charge on any atom is -0.399 e.